The standard InChI is InChI=1S/C13H15NO5/c15-12(10-6-7-11(19-10)13(16)17)14-18-8-9-4-2-1-3-5-9/h1-5,10-11H,6-8H2,(H,14,15)(H,16,17). The van der Waals surface area contributed by atoms with Crippen LogP contribution < -0.4 is 5.48 Å². The zero-order valence-corrected chi connectivity index (χ0v) is 10.2. The third kappa shape index (κ3) is 3.77. The van der Waals surface area contributed by atoms with E-state index in [2.05, 4.69) is 5.48 Å². The Bertz CT molecular complexity index is 448. The van der Waals surface area contributed by atoms with E-state index in [0.29, 0.717) is 12.8 Å². The normalized spacial score (nSPS) is 22.1. The van der Waals surface area contributed by atoms with Crippen LogP contribution in [0.1, 0.15) is 18.4 Å². The Kier molecular flexibility index (Phi) is 4.48. The molecule has 0 aliphatic carbocycles. The first-order valence-corrected chi connectivity index (χ1v) is 6.00. The van der Waals surface area contributed by atoms with Gasteiger partial charge < -0.3 is 9.84 Å². The maximum Gasteiger partial charge on any atom is 0.332 e. The fourth-order valence-corrected chi connectivity index (χ4v) is 1.84. The second kappa shape index (κ2) is 6.31. The second-order valence-corrected chi connectivity index (χ2v) is 4.27. The fraction of sp³-hybridized carbons (Fsp3) is 0.385. The minimum atomic E-state index is -1.04. The number of carbonyl (C=O) groups is 2. The van der Waals surface area contributed by atoms with E-state index >= 15 is 0 Å². The van der Waals surface area contributed by atoms with E-state index in [1.54, 1.807) is 0 Å². The van der Waals surface area contributed by atoms with Gasteiger partial charge in [0, 0.05) is 0 Å². The molecule has 1 aromatic rings. The average molecular weight is 265 g/mol. The van der Waals surface area contributed by atoms with E-state index in [9.17, 15) is 9.59 Å². The number of hydrogen-bond donors (Lipinski definition) is 2. The van der Waals surface area contributed by atoms with Crippen molar-refractivity contribution in [2.24, 2.45) is 0 Å². The van der Waals surface area contributed by atoms with Crippen LogP contribution in [0.4, 0.5) is 0 Å². The summed E-state index contributed by atoms with van der Waals surface area (Å²) in [5.41, 5.74) is 3.20. The highest BCUT2D eigenvalue weighted by Gasteiger charge is 2.34. The van der Waals surface area contributed by atoms with Crippen molar-refractivity contribution >= 4 is 11.9 Å². The van der Waals surface area contributed by atoms with Gasteiger partial charge in [-0.25, -0.2) is 10.3 Å². The number of rotatable bonds is 5. The summed E-state index contributed by atoms with van der Waals surface area (Å²) >= 11 is 0. The number of hydrogen-bond acceptors (Lipinski definition) is 4. The number of carbonyl (C=O) groups excluding carboxylic acids is 1. The highest BCUT2D eigenvalue weighted by Crippen LogP contribution is 2.19. The molecule has 1 aromatic carbocycles. The molecular weight excluding hydrogens is 250 g/mol. The van der Waals surface area contributed by atoms with E-state index in [1.165, 1.54) is 0 Å². The van der Waals surface area contributed by atoms with Crippen LogP contribution in [0.2, 0.25) is 0 Å². The number of carboxylic acid groups (broad SMARTS) is 1. The lowest BCUT2D eigenvalue weighted by Gasteiger charge is -2.11. The van der Waals surface area contributed by atoms with Crippen molar-refractivity contribution in [2.45, 2.75) is 31.7 Å². The number of carboxylic acids is 1. The summed E-state index contributed by atoms with van der Waals surface area (Å²) in [5.74, 6) is -1.49. The first-order chi connectivity index (χ1) is 9.16. The predicted octanol–water partition coefficient (Wildman–Crippen LogP) is 0.867. The van der Waals surface area contributed by atoms with Gasteiger partial charge in [0.25, 0.3) is 5.91 Å². The lowest BCUT2D eigenvalue weighted by molar-refractivity contribution is -0.155. The summed E-state index contributed by atoms with van der Waals surface area (Å²) in [6, 6.07) is 9.38. The number of aliphatic carboxylic acids is 1. The number of nitrogens with one attached hydrogen (secondary N) is 1. The van der Waals surface area contributed by atoms with Crippen molar-refractivity contribution in [1.29, 1.82) is 0 Å². The van der Waals surface area contributed by atoms with Gasteiger partial charge in [0.05, 0.1) is 6.61 Å². The molecule has 6 heteroatoms. The molecule has 0 bridgehead atoms. The van der Waals surface area contributed by atoms with Gasteiger partial charge in [-0.2, -0.15) is 0 Å². The predicted molar refractivity (Wildman–Crippen MR) is 64.9 cm³/mol. The third-order valence-corrected chi connectivity index (χ3v) is 2.84. The molecule has 6 nitrogen and oxygen atoms in total. The molecule has 102 valence electrons. The van der Waals surface area contributed by atoms with Crippen molar-refractivity contribution in [2.75, 3.05) is 0 Å². The topological polar surface area (TPSA) is 84.9 Å². The van der Waals surface area contributed by atoms with Gasteiger partial charge in [0.2, 0.25) is 0 Å². The molecule has 0 radical (unpaired) electrons. The number of hydroxylamine groups is 1. The molecule has 0 aromatic heterocycles. The Balaban J connectivity index is 1.72. The van der Waals surface area contributed by atoms with Crippen LogP contribution in [0.3, 0.4) is 0 Å². The van der Waals surface area contributed by atoms with Crippen LogP contribution in [0.25, 0.3) is 0 Å². The molecule has 2 rings (SSSR count). The molecule has 1 fully saturated rings. The highest BCUT2D eigenvalue weighted by molar-refractivity contribution is 5.81. The third-order valence-electron chi connectivity index (χ3n) is 2.84. The Hall–Kier alpha value is -1.92. The van der Waals surface area contributed by atoms with E-state index < -0.39 is 24.1 Å². The molecule has 1 heterocycles. The van der Waals surface area contributed by atoms with Crippen LogP contribution >= 0.6 is 0 Å². The molecule has 1 aliphatic heterocycles. The van der Waals surface area contributed by atoms with Gasteiger partial charge in [-0.15, -0.1) is 0 Å². The van der Waals surface area contributed by atoms with Crippen molar-refractivity contribution in [1.82, 2.24) is 5.48 Å². The van der Waals surface area contributed by atoms with Crippen molar-refractivity contribution in [3.05, 3.63) is 35.9 Å². The largest absolute Gasteiger partial charge is 0.479 e. The molecule has 1 aliphatic rings. The van der Waals surface area contributed by atoms with Crippen LogP contribution in [0.15, 0.2) is 30.3 Å². The molecule has 2 atom stereocenters. The Morgan fingerprint density at radius 1 is 1.26 bits per heavy atom. The van der Waals surface area contributed by atoms with Crippen molar-refractivity contribution in [3.8, 4) is 0 Å². The monoisotopic (exact) mass is 265 g/mol. The average Bonchev–Trinajstić information content (AvgIpc) is 2.89. The lowest BCUT2D eigenvalue weighted by atomic mass is 10.2. The van der Waals surface area contributed by atoms with E-state index in [0.717, 1.165) is 5.56 Å². The van der Waals surface area contributed by atoms with Crippen LogP contribution in [-0.4, -0.2) is 29.2 Å². The van der Waals surface area contributed by atoms with Gasteiger partial charge in [-0.1, -0.05) is 30.3 Å². The summed E-state index contributed by atoms with van der Waals surface area (Å²) in [5, 5.41) is 8.75. The Morgan fingerprint density at radius 3 is 2.58 bits per heavy atom. The van der Waals surface area contributed by atoms with Gasteiger partial charge in [-0.3, -0.25) is 9.63 Å². The van der Waals surface area contributed by atoms with Crippen molar-refractivity contribution in [3.63, 3.8) is 0 Å². The summed E-state index contributed by atoms with van der Waals surface area (Å²) < 4.78 is 5.10. The maximum absolute atomic E-state index is 11.6. The molecule has 0 spiro atoms. The molecule has 1 saturated heterocycles. The van der Waals surface area contributed by atoms with Gasteiger partial charge in [0.15, 0.2) is 6.10 Å². The number of benzene rings is 1. The molecule has 2 unspecified atom stereocenters. The van der Waals surface area contributed by atoms with Crippen LogP contribution in [-0.2, 0) is 25.8 Å². The minimum absolute atomic E-state index is 0.252. The van der Waals surface area contributed by atoms with Crippen molar-refractivity contribution < 1.29 is 24.3 Å². The first kappa shape index (κ1) is 13.5. The summed E-state index contributed by atoms with van der Waals surface area (Å²) in [7, 11) is 0. The molecule has 0 saturated carbocycles. The molecule has 2 N–H and O–H groups in total. The van der Waals surface area contributed by atoms with Crippen LogP contribution in [0, 0.1) is 0 Å². The van der Waals surface area contributed by atoms with E-state index in [1.807, 2.05) is 30.3 Å². The summed E-state index contributed by atoms with van der Waals surface area (Å²) in [6.45, 7) is 0.252. The van der Waals surface area contributed by atoms with E-state index in [-0.39, 0.29) is 6.61 Å². The second-order valence-electron chi connectivity index (χ2n) is 4.27. The highest BCUT2D eigenvalue weighted by atomic mass is 16.7. The fourth-order valence-electron chi connectivity index (χ4n) is 1.84. The summed E-state index contributed by atoms with van der Waals surface area (Å²) in [4.78, 5) is 27.4. The van der Waals surface area contributed by atoms with Gasteiger partial charge >= 0.3 is 5.97 Å². The number of amides is 1. The lowest BCUT2D eigenvalue weighted by Crippen LogP contribution is -2.35. The van der Waals surface area contributed by atoms with E-state index in [4.69, 9.17) is 14.7 Å². The molecular formula is C13H15NO5. The molecule has 19 heavy (non-hydrogen) atoms. The Morgan fingerprint density at radius 2 is 1.95 bits per heavy atom. The SMILES string of the molecule is O=C(O)C1CCC(C(=O)NOCc2ccccc2)O1. The quantitative estimate of drug-likeness (QED) is 0.771. The smallest absolute Gasteiger partial charge is 0.332 e. The zero-order chi connectivity index (χ0) is 13.7. The van der Waals surface area contributed by atoms with Crippen LogP contribution in [0.5, 0.6) is 0 Å². The zero-order valence-electron chi connectivity index (χ0n) is 10.2. The maximum atomic E-state index is 11.6. The number of ether oxygens (including phenoxy) is 1. The summed E-state index contributed by atoms with van der Waals surface area (Å²) in [6.07, 6.45) is -0.925. The first-order valence-electron chi connectivity index (χ1n) is 6.00. The van der Waals surface area contributed by atoms with Gasteiger partial charge in [0.1, 0.15) is 6.10 Å². The Labute approximate surface area is 110 Å². The molecule has 1 amide bonds. The minimum Gasteiger partial charge on any atom is -0.479 e. The van der Waals surface area contributed by atoms with Gasteiger partial charge in [-0.05, 0) is 18.4 Å².